The normalized spacial score (nSPS) is 10.3. The van der Waals surface area contributed by atoms with Gasteiger partial charge in [0.15, 0.2) is 11.6 Å². The van der Waals surface area contributed by atoms with Gasteiger partial charge in [0.25, 0.3) is 0 Å². The molecule has 0 saturated carbocycles. The lowest BCUT2D eigenvalue weighted by Crippen LogP contribution is -2.01. The summed E-state index contributed by atoms with van der Waals surface area (Å²) in [4.78, 5) is 0. The lowest BCUT2D eigenvalue weighted by molar-refractivity contribution is 0.416. The fraction of sp³-hybridized carbons (Fsp3) is 0.0769. The third kappa shape index (κ3) is 2.88. The number of nitrogens with one attached hydrogen (secondary N) is 1. The summed E-state index contributed by atoms with van der Waals surface area (Å²) in [5, 5.41) is 3.03. The Morgan fingerprint density at radius 1 is 1.16 bits per heavy atom. The minimum Gasteiger partial charge on any atom is -0.495 e. The molecular weight excluding hydrogens is 274 g/mol. The number of hydrogen-bond acceptors (Lipinski definition) is 3. The van der Waals surface area contributed by atoms with E-state index in [0.29, 0.717) is 16.5 Å². The van der Waals surface area contributed by atoms with Crippen molar-refractivity contribution in [1.82, 2.24) is 0 Å². The Morgan fingerprint density at radius 3 is 2.37 bits per heavy atom. The number of rotatable bonds is 3. The number of methoxy groups -OCH3 is 1. The van der Waals surface area contributed by atoms with E-state index in [9.17, 15) is 8.78 Å². The molecule has 0 atom stereocenters. The third-order valence-corrected chi connectivity index (χ3v) is 2.72. The van der Waals surface area contributed by atoms with Crippen LogP contribution in [0.2, 0.25) is 5.02 Å². The molecule has 0 heterocycles. The molecule has 0 amide bonds. The summed E-state index contributed by atoms with van der Waals surface area (Å²) in [6.45, 7) is 0. The van der Waals surface area contributed by atoms with Crippen LogP contribution in [0.25, 0.3) is 0 Å². The summed E-state index contributed by atoms with van der Waals surface area (Å²) in [5.74, 6) is -1.17. The molecule has 0 saturated heterocycles. The van der Waals surface area contributed by atoms with Gasteiger partial charge in [-0.25, -0.2) is 8.78 Å². The summed E-state index contributed by atoms with van der Waals surface area (Å²) in [7, 11) is 1.45. The number of anilines is 3. The predicted octanol–water partition coefficient (Wildman–Crippen LogP) is 3.95. The Bertz CT molecular complexity index is 597. The maximum Gasteiger partial charge on any atom is 0.151 e. The molecule has 19 heavy (non-hydrogen) atoms. The van der Waals surface area contributed by atoms with Crippen LogP contribution in [0.15, 0.2) is 30.3 Å². The van der Waals surface area contributed by atoms with Crippen LogP contribution in [0, 0.1) is 11.6 Å². The third-order valence-electron chi connectivity index (χ3n) is 2.49. The largest absolute Gasteiger partial charge is 0.495 e. The molecule has 100 valence electrons. The van der Waals surface area contributed by atoms with Gasteiger partial charge in [-0.3, -0.25) is 0 Å². The van der Waals surface area contributed by atoms with E-state index in [2.05, 4.69) is 5.32 Å². The second kappa shape index (κ2) is 5.32. The monoisotopic (exact) mass is 284 g/mol. The zero-order valence-electron chi connectivity index (χ0n) is 10.0. The van der Waals surface area contributed by atoms with Crippen molar-refractivity contribution in [1.29, 1.82) is 0 Å². The van der Waals surface area contributed by atoms with Crippen molar-refractivity contribution in [3.8, 4) is 5.75 Å². The Balaban J connectivity index is 2.44. The molecule has 0 aromatic heterocycles. The first-order chi connectivity index (χ1) is 9.01. The number of benzene rings is 2. The molecule has 2 rings (SSSR count). The first-order valence-corrected chi connectivity index (χ1v) is 5.74. The molecule has 0 radical (unpaired) electrons. The van der Waals surface area contributed by atoms with Crippen LogP contribution in [0.4, 0.5) is 25.8 Å². The molecule has 0 unspecified atom stereocenters. The van der Waals surface area contributed by atoms with E-state index < -0.39 is 11.6 Å². The van der Waals surface area contributed by atoms with Gasteiger partial charge in [0, 0.05) is 10.7 Å². The number of ether oxygens (including phenoxy) is 1. The van der Waals surface area contributed by atoms with Crippen LogP contribution in [0.3, 0.4) is 0 Å². The van der Waals surface area contributed by atoms with Crippen LogP contribution >= 0.6 is 11.6 Å². The molecule has 0 aliphatic rings. The van der Waals surface area contributed by atoms with E-state index in [4.69, 9.17) is 22.1 Å². The van der Waals surface area contributed by atoms with Gasteiger partial charge in [0.1, 0.15) is 11.4 Å². The van der Waals surface area contributed by atoms with Crippen molar-refractivity contribution < 1.29 is 13.5 Å². The summed E-state index contributed by atoms with van der Waals surface area (Å²) >= 11 is 5.84. The molecule has 6 heteroatoms. The molecule has 2 aromatic rings. The van der Waals surface area contributed by atoms with E-state index in [-0.39, 0.29) is 11.4 Å². The average molecular weight is 285 g/mol. The number of nitrogen functional groups attached to an aromatic ring is 1. The minimum atomic E-state index is -0.792. The fourth-order valence-electron chi connectivity index (χ4n) is 1.62. The first kappa shape index (κ1) is 13.4. The van der Waals surface area contributed by atoms with Gasteiger partial charge in [-0.05, 0) is 30.3 Å². The van der Waals surface area contributed by atoms with Gasteiger partial charge in [-0.1, -0.05) is 11.6 Å². The smallest absolute Gasteiger partial charge is 0.151 e. The first-order valence-electron chi connectivity index (χ1n) is 5.36. The zero-order chi connectivity index (χ0) is 14.0. The van der Waals surface area contributed by atoms with Crippen LogP contribution in [-0.2, 0) is 0 Å². The Kier molecular flexibility index (Phi) is 3.76. The van der Waals surface area contributed by atoms with Crippen LogP contribution < -0.4 is 15.8 Å². The highest BCUT2D eigenvalue weighted by Crippen LogP contribution is 2.33. The van der Waals surface area contributed by atoms with E-state index in [1.807, 2.05) is 0 Å². The Labute approximate surface area is 113 Å². The molecule has 0 spiro atoms. The molecule has 3 nitrogen and oxygen atoms in total. The number of hydrogen-bond donors (Lipinski definition) is 2. The standard InChI is InChI=1S/C13H11ClF2N2O/c1-19-12-3-2-7(14)4-11(12)18-13-9(15)5-8(17)6-10(13)16/h2-6,18H,17H2,1H3. The van der Waals surface area contributed by atoms with Crippen molar-refractivity contribution in [2.75, 3.05) is 18.2 Å². The zero-order valence-corrected chi connectivity index (χ0v) is 10.8. The molecule has 2 aromatic carbocycles. The molecule has 0 bridgehead atoms. The van der Waals surface area contributed by atoms with Gasteiger partial charge in [-0.2, -0.15) is 0 Å². The van der Waals surface area contributed by atoms with Crippen LogP contribution in [-0.4, -0.2) is 7.11 Å². The highest BCUT2D eigenvalue weighted by Gasteiger charge is 2.13. The summed E-state index contributed by atoms with van der Waals surface area (Å²) in [6.07, 6.45) is 0. The highest BCUT2D eigenvalue weighted by molar-refractivity contribution is 6.31. The van der Waals surface area contributed by atoms with Gasteiger partial charge in [0.2, 0.25) is 0 Å². The molecule has 0 aliphatic heterocycles. The quantitative estimate of drug-likeness (QED) is 0.839. The van der Waals surface area contributed by atoms with E-state index >= 15 is 0 Å². The van der Waals surface area contributed by atoms with Crippen molar-refractivity contribution in [2.45, 2.75) is 0 Å². The van der Waals surface area contributed by atoms with Gasteiger partial charge in [0.05, 0.1) is 12.8 Å². The van der Waals surface area contributed by atoms with Gasteiger partial charge >= 0.3 is 0 Å². The molecule has 0 fully saturated rings. The van der Waals surface area contributed by atoms with Crippen molar-refractivity contribution >= 4 is 28.7 Å². The van der Waals surface area contributed by atoms with Crippen LogP contribution in [0.1, 0.15) is 0 Å². The second-order valence-corrected chi connectivity index (χ2v) is 4.27. The SMILES string of the molecule is COc1ccc(Cl)cc1Nc1c(F)cc(N)cc1F. The Morgan fingerprint density at radius 2 is 1.79 bits per heavy atom. The van der Waals surface area contributed by atoms with Crippen LogP contribution in [0.5, 0.6) is 5.75 Å². The summed E-state index contributed by atoms with van der Waals surface area (Å²) < 4.78 is 32.4. The average Bonchev–Trinajstić information content (AvgIpc) is 2.34. The lowest BCUT2D eigenvalue weighted by Gasteiger charge is -2.13. The predicted molar refractivity (Wildman–Crippen MR) is 72.1 cm³/mol. The minimum absolute atomic E-state index is 0.0126. The number of halogens is 3. The lowest BCUT2D eigenvalue weighted by atomic mass is 10.2. The van der Waals surface area contributed by atoms with E-state index in [1.165, 1.54) is 13.2 Å². The maximum atomic E-state index is 13.7. The summed E-state index contributed by atoms with van der Waals surface area (Å²) in [5.41, 5.74) is 5.41. The van der Waals surface area contributed by atoms with E-state index in [0.717, 1.165) is 12.1 Å². The topological polar surface area (TPSA) is 47.3 Å². The molecular formula is C13H11ClF2N2O. The molecule has 3 N–H and O–H groups in total. The van der Waals surface area contributed by atoms with Gasteiger partial charge in [-0.15, -0.1) is 0 Å². The maximum absolute atomic E-state index is 13.7. The molecule has 0 aliphatic carbocycles. The van der Waals surface area contributed by atoms with Crippen molar-refractivity contribution in [2.24, 2.45) is 0 Å². The summed E-state index contributed by atoms with van der Waals surface area (Å²) in [6, 6.07) is 6.78. The fourth-order valence-corrected chi connectivity index (χ4v) is 1.80. The van der Waals surface area contributed by atoms with Crippen molar-refractivity contribution in [3.05, 3.63) is 47.0 Å². The highest BCUT2D eigenvalue weighted by atomic mass is 35.5. The van der Waals surface area contributed by atoms with Gasteiger partial charge < -0.3 is 15.8 Å². The number of nitrogens with two attached hydrogens (primary N) is 1. The van der Waals surface area contributed by atoms with E-state index in [1.54, 1.807) is 12.1 Å². The Hall–Kier alpha value is -2.01. The van der Waals surface area contributed by atoms with Crippen molar-refractivity contribution in [3.63, 3.8) is 0 Å². The second-order valence-electron chi connectivity index (χ2n) is 3.83.